The number of rotatable bonds is 11. The molecule has 4 rings (SSSR count). The highest BCUT2D eigenvalue weighted by Crippen LogP contribution is 2.29. The lowest BCUT2D eigenvalue weighted by molar-refractivity contribution is -0.127. The minimum absolute atomic E-state index is 0.0328. The minimum Gasteiger partial charge on any atom is -0.387 e. The average molecular weight is 567 g/mol. The quantitative estimate of drug-likeness (QED) is 0.249. The van der Waals surface area contributed by atoms with Gasteiger partial charge in [-0.05, 0) is 54.3 Å². The molecule has 1 aliphatic rings. The second-order valence-electron chi connectivity index (χ2n) is 10.2. The highest BCUT2D eigenvalue weighted by Gasteiger charge is 2.21. The molecule has 5 N–H and O–H groups in total. The summed E-state index contributed by atoms with van der Waals surface area (Å²) in [5, 5.41) is 8.58. The molecule has 0 saturated heterocycles. The van der Waals surface area contributed by atoms with E-state index in [1.165, 1.54) is 0 Å². The largest absolute Gasteiger partial charge is 0.387 e. The number of hydrogen-bond acceptors (Lipinski definition) is 5. The number of carbonyl (C=O) groups is 3. The molecule has 4 amide bonds. The van der Waals surface area contributed by atoms with Crippen LogP contribution in [0.5, 0.6) is 0 Å². The van der Waals surface area contributed by atoms with Crippen LogP contribution in [0, 0.1) is 0 Å². The fraction of sp³-hybridized carbons (Fsp3) is 0.273. The molecule has 218 valence electrons. The normalized spacial score (nSPS) is 12.2. The van der Waals surface area contributed by atoms with E-state index in [4.69, 9.17) is 5.73 Å². The Morgan fingerprint density at radius 2 is 1.55 bits per heavy atom. The number of hydrogen-bond donors (Lipinski definition) is 4. The van der Waals surface area contributed by atoms with E-state index in [0.29, 0.717) is 54.5 Å². The standard InChI is InChI=1S/C33H38N6O3/c1-3-15-39(16-4-2)32(41)27-18-25-13-14-26(19-29(25)38-30(34)20-27)31(40)37-28-12-8-11-24(17-28)22-36-33(42)35-21-23-9-6-5-7-10-23/h5-14,17-19H,3-4,15-16,20-22H2,1-2H3,(H2,34,38)(H,37,40)(H2,35,36,42). The van der Waals surface area contributed by atoms with E-state index < -0.39 is 0 Å². The SMILES string of the molecule is CCCN(CCC)C(=O)C1=Cc2ccc(C(=O)Nc3cccc(CNC(=O)NCc4ccccc4)c3)cc2N=C(N)C1. The fourth-order valence-electron chi connectivity index (χ4n) is 4.71. The van der Waals surface area contributed by atoms with Crippen molar-refractivity contribution in [2.24, 2.45) is 10.7 Å². The van der Waals surface area contributed by atoms with Gasteiger partial charge in [0.2, 0.25) is 5.91 Å². The number of nitrogens with one attached hydrogen (secondary N) is 3. The van der Waals surface area contributed by atoms with Gasteiger partial charge in [0.05, 0.1) is 5.69 Å². The maximum Gasteiger partial charge on any atom is 0.315 e. The Morgan fingerprint density at radius 1 is 0.857 bits per heavy atom. The summed E-state index contributed by atoms with van der Waals surface area (Å²) in [5.41, 5.74) is 10.9. The van der Waals surface area contributed by atoms with E-state index in [-0.39, 0.29) is 24.3 Å². The Bertz CT molecular complexity index is 1480. The van der Waals surface area contributed by atoms with Crippen molar-refractivity contribution in [2.75, 3.05) is 18.4 Å². The zero-order valence-corrected chi connectivity index (χ0v) is 24.2. The molecule has 0 atom stereocenters. The number of nitrogens with two attached hydrogens (primary N) is 1. The number of nitrogens with zero attached hydrogens (tertiary/aromatic N) is 2. The van der Waals surface area contributed by atoms with Crippen LogP contribution in [0.25, 0.3) is 6.08 Å². The van der Waals surface area contributed by atoms with Crippen LogP contribution in [0.2, 0.25) is 0 Å². The van der Waals surface area contributed by atoms with Gasteiger partial charge in [0, 0.05) is 55.0 Å². The molecule has 0 fully saturated rings. The Labute approximate surface area is 246 Å². The van der Waals surface area contributed by atoms with Gasteiger partial charge in [0.15, 0.2) is 0 Å². The summed E-state index contributed by atoms with van der Waals surface area (Å²) in [6.07, 6.45) is 3.83. The van der Waals surface area contributed by atoms with Crippen LogP contribution in [-0.2, 0) is 17.9 Å². The number of benzene rings is 3. The van der Waals surface area contributed by atoms with Crippen LogP contribution < -0.4 is 21.7 Å². The first-order valence-corrected chi connectivity index (χ1v) is 14.3. The molecule has 0 aromatic heterocycles. The molecule has 1 aliphatic heterocycles. The Morgan fingerprint density at radius 3 is 2.26 bits per heavy atom. The van der Waals surface area contributed by atoms with Crippen molar-refractivity contribution in [1.82, 2.24) is 15.5 Å². The summed E-state index contributed by atoms with van der Waals surface area (Å²) >= 11 is 0. The summed E-state index contributed by atoms with van der Waals surface area (Å²) in [6, 6.07) is 21.9. The smallest absolute Gasteiger partial charge is 0.315 e. The number of amides is 4. The Kier molecular flexibility index (Phi) is 10.5. The van der Waals surface area contributed by atoms with Crippen molar-refractivity contribution in [3.05, 3.63) is 101 Å². The van der Waals surface area contributed by atoms with Gasteiger partial charge in [-0.25, -0.2) is 9.79 Å². The van der Waals surface area contributed by atoms with Crippen molar-refractivity contribution >= 4 is 41.1 Å². The minimum atomic E-state index is -0.307. The molecule has 0 radical (unpaired) electrons. The highest BCUT2D eigenvalue weighted by molar-refractivity contribution is 6.08. The zero-order valence-electron chi connectivity index (χ0n) is 24.2. The molecule has 0 spiro atoms. The second-order valence-corrected chi connectivity index (χ2v) is 10.2. The van der Waals surface area contributed by atoms with Crippen LogP contribution in [0.15, 0.2) is 83.4 Å². The maximum absolute atomic E-state index is 13.2. The van der Waals surface area contributed by atoms with Crippen molar-refractivity contribution in [2.45, 2.75) is 46.2 Å². The molecule has 1 heterocycles. The van der Waals surface area contributed by atoms with Gasteiger partial charge in [-0.1, -0.05) is 62.4 Å². The molecule has 3 aromatic rings. The second kappa shape index (κ2) is 14.6. The van der Waals surface area contributed by atoms with E-state index >= 15 is 0 Å². The monoisotopic (exact) mass is 566 g/mol. The molecular formula is C33H38N6O3. The van der Waals surface area contributed by atoms with E-state index in [2.05, 4.69) is 34.8 Å². The Hall–Kier alpha value is -4.92. The van der Waals surface area contributed by atoms with Gasteiger partial charge < -0.3 is 26.6 Å². The molecule has 0 saturated carbocycles. The van der Waals surface area contributed by atoms with Gasteiger partial charge >= 0.3 is 6.03 Å². The topological polar surface area (TPSA) is 129 Å². The van der Waals surface area contributed by atoms with E-state index in [9.17, 15) is 14.4 Å². The van der Waals surface area contributed by atoms with E-state index in [1.807, 2.05) is 59.5 Å². The van der Waals surface area contributed by atoms with Gasteiger partial charge in [-0.15, -0.1) is 0 Å². The molecule has 9 heteroatoms. The van der Waals surface area contributed by atoms with Crippen LogP contribution >= 0.6 is 0 Å². The van der Waals surface area contributed by atoms with E-state index in [1.54, 1.807) is 24.3 Å². The first-order valence-electron chi connectivity index (χ1n) is 14.3. The van der Waals surface area contributed by atoms with Crippen LogP contribution in [0.3, 0.4) is 0 Å². The summed E-state index contributed by atoms with van der Waals surface area (Å²) in [5.74, 6) is -0.0136. The number of aliphatic imine (C=N–C) groups is 1. The molecule has 0 unspecified atom stereocenters. The third kappa shape index (κ3) is 8.30. The third-order valence-electron chi connectivity index (χ3n) is 6.74. The first kappa shape index (κ1) is 30.0. The summed E-state index contributed by atoms with van der Waals surface area (Å²) < 4.78 is 0. The van der Waals surface area contributed by atoms with Gasteiger partial charge in [-0.3, -0.25) is 9.59 Å². The highest BCUT2D eigenvalue weighted by atomic mass is 16.2. The molecule has 42 heavy (non-hydrogen) atoms. The predicted octanol–water partition coefficient (Wildman–Crippen LogP) is 5.36. The van der Waals surface area contributed by atoms with Gasteiger partial charge in [0.1, 0.15) is 5.84 Å². The maximum atomic E-state index is 13.2. The lowest BCUT2D eigenvalue weighted by atomic mass is 10.0. The molecule has 3 aromatic carbocycles. The van der Waals surface area contributed by atoms with Gasteiger partial charge in [-0.2, -0.15) is 0 Å². The number of amidine groups is 1. The number of fused-ring (bicyclic) bond motifs is 1. The molecular weight excluding hydrogens is 528 g/mol. The third-order valence-corrected chi connectivity index (χ3v) is 6.74. The number of anilines is 1. The van der Waals surface area contributed by atoms with Gasteiger partial charge in [0.25, 0.3) is 5.91 Å². The van der Waals surface area contributed by atoms with Crippen LogP contribution in [0.1, 0.15) is 60.2 Å². The average Bonchev–Trinajstić information content (AvgIpc) is 3.16. The lowest BCUT2D eigenvalue weighted by Gasteiger charge is -2.22. The van der Waals surface area contributed by atoms with Crippen LogP contribution in [0.4, 0.5) is 16.2 Å². The van der Waals surface area contributed by atoms with E-state index in [0.717, 1.165) is 29.5 Å². The Balaban J connectivity index is 1.40. The fourth-order valence-corrected chi connectivity index (χ4v) is 4.71. The first-order chi connectivity index (χ1) is 20.4. The van der Waals surface area contributed by atoms with Crippen LogP contribution in [-0.4, -0.2) is 41.7 Å². The predicted molar refractivity (Wildman–Crippen MR) is 167 cm³/mol. The van der Waals surface area contributed by atoms with Crippen molar-refractivity contribution in [3.63, 3.8) is 0 Å². The van der Waals surface area contributed by atoms with Crippen molar-refractivity contribution < 1.29 is 14.4 Å². The van der Waals surface area contributed by atoms with Crippen molar-refractivity contribution in [3.8, 4) is 0 Å². The lowest BCUT2D eigenvalue weighted by Crippen LogP contribution is -2.34. The number of carbonyl (C=O) groups excluding carboxylic acids is 3. The summed E-state index contributed by atoms with van der Waals surface area (Å²) in [7, 11) is 0. The summed E-state index contributed by atoms with van der Waals surface area (Å²) in [6.45, 7) is 6.21. The molecule has 0 aliphatic carbocycles. The van der Waals surface area contributed by atoms with Crippen molar-refractivity contribution in [1.29, 1.82) is 0 Å². The number of urea groups is 1. The molecule has 9 nitrogen and oxygen atoms in total. The zero-order chi connectivity index (χ0) is 29.9. The molecule has 0 bridgehead atoms. The summed E-state index contributed by atoms with van der Waals surface area (Å²) in [4.78, 5) is 44.9.